The van der Waals surface area contributed by atoms with Gasteiger partial charge in [0.2, 0.25) is 5.91 Å². The van der Waals surface area contributed by atoms with Gasteiger partial charge in [-0.15, -0.1) is 0 Å². The molecule has 128 valence electrons. The third-order valence-corrected chi connectivity index (χ3v) is 3.95. The van der Waals surface area contributed by atoms with Crippen molar-refractivity contribution in [2.24, 2.45) is 0 Å². The smallest absolute Gasteiger partial charge is 0.354 e. The molecule has 0 saturated carbocycles. The molecule has 0 radical (unpaired) electrons. The van der Waals surface area contributed by atoms with Gasteiger partial charge in [-0.2, -0.15) is 13.2 Å². The van der Waals surface area contributed by atoms with Gasteiger partial charge >= 0.3 is 6.18 Å². The highest BCUT2D eigenvalue weighted by atomic mass is 35.5. The van der Waals surface area contributed by atoms with E-state index in [0.29, 0.717) is 36.8 Å². The molecule has 1 aliphatic heterocycles. The molecule has 1 saturated heterocycles. The van der Waals surface area contributed by atoms with Gasteiger partial charge in [0.15, 0.2) is 0 Å². The SMILES string of the molecule is O=C(Cc1cccc(Cl)c1)NCC(N1CCNCC1)C(F)(F)F. The molecule has 1 atom stereocenters. The highest BCUT2D eigenvalue weighted by Gasteiger charge is 2.43. The number of carbonyl (C=O) groups excluding carboxylic acids is 1. The number of halogens is 4. The van der Waals surface area contributed by atoms with Crippen molar-refractivity contribution < 1.29 is 18.0 Å². The van der Waals surface area contributed by atoms with Crippen LogP contribution in [0.1, 0.15) is 5.56 Å². The van der Waals surface area contributed by atoms with E-state index in [9.17, 15) is 18.0 Å². The topological polar surface area (TPSA) is 44.4 Å². The first kappa shape index (κ1) is 18.0. The van der Waals surface area contributed by atoms with Crippen LogP contribution >= 0.6 is 11.6 Å². The van der Waals surface area contributed by atoms with Gasteiger partial charge in [-0.05, 0) is 17.7 Å². The minimum atomic E-state index is -4.37. The van der Waals surface area contributed by atoms with Gasteiger partial charge in [-0.25, -0.2) is 0 Å². The van der Waals surface area contributed by atoms with Crippen molar-refractivity contribution in [1.29, 1.82) is 0 Å². The minimum absolute atomic E-state index is 0.00664. The summed E-state index contributed by atoms with van der Waals surface area (Å²) in [6.07, 6.45) is -4.37. The molecule has 1 fully saturated rings. The summed E-state index contributed by atoms with van der Waals surface area (Å²) in [7, 11) is 0. The second-order valence-electron chi connectivity index (χ2n) is 5.45. The fourth-order valence-corrected chi connectivity index (χ4v) is 2.76. The van der Waals surface area contributed by atoms with Crippen LogP contribution in [0.15, 0.2) is 24.3 Å². The maximum atomic E-state index is 13.2. The second kappa shape index (κ2) is 7.99. The van der Waals surface area contributed by atoms with Gasteiger partial charge in [-0.1, -0.05) is 23.7 Å². The number of hydrogen-bond acceptors (Lipinski definition) is 3. The Morgan fingerprint density at radius 2 is 2.04 bits per heavy atom. The minimum Gasteiger partial charge on any atom is -0.354 e. The van der Waals surface area contributed by atoms with Crippen LogP contribution in [0, 0.1) is 0 Å². The average Bonchev–Trinajstić information content (AvgIpc) is 2.47. The lowest BCUT2D eigenvalue weighted by molar-refractivity contribution is -0.184. The summed E-state index contributed by atoms with van der Waals surface area (Å²) in [6, 6.07) is 5.05. The van der Waals surface area contributed by atoms with E-state index < -0.39 is 24.7 Å². The Hall–Kier alpha value is -1.31. The molecule has 2 N–H and O–H groups in total. The first-order chi connectivity index (χ1) is 10.9. The fourth-order valence-electron chi connectivity index (χ4n) is 2.55. The van der Waals surface area contributed by atoms with Crippen molar-refractivity contribution in [2.75, 3.05) is 32.7 Å². The Morgan fingerprint density at radius 3 is 2.65 bits per heavy atom. The summed E-state index contributed by atoms with van der Waals surface area (Å²) in [4.78, 5) is 13.2. The molecule has 0 aliphatic carbocycles. The Balaban J connectivity index is 1.91. The molecule has 1 heterocycles. The van der Waals surface area contributed by atoms with E-state index in [2.05, 4.69) is 10.6 Å². The first-order valence-corrected chi connectivity index (χ1v) is 7.76. The van der Waals surface area contributed by atoms with E-state index in [0.717, 1.165) is 0 Å². The van der Waals surface area contributed by atoms with Crippen molar-refractivity contribution in [3.05, 3.63) is 34.9 Å². The normalized spacial score (nSPS) is 17.7. The summed E-state index contributed by atoms with van der Waals surface area (Å²) < 4.78 is 39.6. The molecular formula is C15H19ClF3N3O. The zero-order chi connectivity index (χ0) is 16.9. The number of hydrogen-bond donors (Lipinski definition) is 2. The van der Waals surface area contributed by atoms with Crippen LogP contribution in [0.5, 0.6) is 0 Å². The molecule has 1 aliphatic rings. The monoisotopic (exact) mass is 349 g/mol. The summed E-state index contributed by atoms with van der Waals surface area (Å²) in [5, 5.41) is 5.90. The zero-order valence-corrected chi connectivity index (χ0v) is 13.3. The molecular weight excluding hydrogens is 331 g/mol. The number of amides is 1. The Kier molecular flexibility index (Phi) is 6.26. The van der Waals surface area contributed by atoms with Gasteiger partial charge in [0.25, 0.3) is 0 Å². The van der Waals surface area contributed by atoms with Crippen LogP contribution < -0.4 is 10.6 Å². The van der Waals surface area contributed by atoms with Gasteiger partial charge in [-0.3, -0.25) is 9.69 Å². The number of nitrogens with zero attached hydrogens (tertiary/aromatic N) is 1. The molecule has 1 aromatic carbocycles. The van der Waals surface area contributed by atoms with Crippen LogP contribution in [-0.4, -0.2) is 55.7 Å². The maximum Gasteiger partial charge on any atom is 0.405 e. The van der Waals surface area contributed by atoms with Crippen molar-refractivity contribution >= 4 is 17.5 Å². The lowest BCUT2D eigenvalue weighted by Gasteiger charge is -2.35. The molecule has 2 rings (SSSR count). The quantitative estimate of drug-likeness (QED) is 0.852. The summed E-state index contributed by atoms with van der Waals surface area (Å²) >= 11 is 5.82. The van der Waals surface area contributed by atoms with E-state index >= 15 is 0 Å². The van der Waals surface area contributed by atoms with E-state index in [4.69, 9.17) is 11.6 Å². The van der Waals surface area contributed by atoms with Crippen molar-refractivity contribution in [1.82, 2.24) is 15.5 Å². The number of carbonyl (C=O) groups is 1. The Labute approximate surface area is 138 Å². The molecule has 4 nitrogen and oxygen atoms in total. The molecule has 0 aromatic heterocycles. The molecule has 1 unspecified atom stereocenters. The van der Waals surface area contributed by atoms with E-state index in [1.54, 1.807) is 24.3 Å². The molecule has 0 bridgehead atoms. The highest BCUT2D eigenvalue weighted by Crippen LogP contribution is 2.24. The number of rotatable bonds is 5. The second-order valence-corrected chi connectivity index (χ2v) is 5.89. The van der Waals surface area contributed by atoms with E-state index in [1.165, 1.54) is 4.90 Å². The van der Waals surface area contributed by atoms with E-state index in [-0.39, 0.29) is 6.42 Å². The first-order valence-electron chi connectivity index (χ1n) is 7.39. The van der Waals surface area contributed by atoms with Crippen LogP contribution in [0.2, 0.25) is 5.02 Å². The standard InChI is InChI=1S/C15H19ClF3N3O/c16-12-3-1-2-11(8-12)9-14(23)21-10-13(15(17,18)19)22-6-4-20-5-7-22/h1-3,8,13,20H,4-7,9-10H2,(H,21,23). The lowest BCUT2D eigenvalue weighted by atomic mass is 10.1. The fraction of sp³-hybridized carbons (Fsp3) is 0.533. The maximum absolute atomic E-state index is 13.2. The van der Waals surface area contributed by atoms with Crippen molar-refractivity contribution in [3.8, 4) is 0 Å². The largest absolute Gasteiger partial charge is 0.405 e. The number of alkyl halides is 3. The van der Waals surface area contributed by atoms with Crippen molar-refractivity contribution in [2.45, 2.75) is 18.6 Å². The predicted octanol–water partition coefficient (Wildman–Crippen LogP) is 1.83. The summed E-state index contributed by atoms with van der Waals surface area (Å²) in [6.45, 7) is 1.22. The molecule has 1 amide bonds. The Morgan fingerprint density at radius 1 is 1.35 bits per heavy atom. The van der Waals surface area contributed by atoms with Gasteiger partial charge in [0, 0.05) is 37.7 Å². The Bertz CT molecular complexity index is 533. The molecule has 1 aromatic rings. The summed E-state index contributed by atoms with van der Waals surface area (Å²) in [5.41, 5.74) is 0.667. The van der Waals surface area contributed by atoms with Crippen molar-refractivity contribution in [3.63, 3.8) is 0 Å². The van der Waals surface area contributed by atoms with Gasteiger partial charge in [0.1, 0.15) is 6.04 Å². The molecule has 8 heteroatoms. The van der Waals surface area contributed by atoms with Gasteiger partial charge in [0.05, 0.1) is 6.42 Å². The summed E-state index contributed by atoms with van der Waals surface area (Å²) in [5.74, 6) is -0.448. The van der Waals surface area contributed by atoms with Crippen LogP contribution in [0.25, 0.3) is 0 Å². The lowest BCUT2D eigenvalue weighted by Crippen LogP contribution is -2.57. The third-order valence-electron chi connectivity index (χ3n) is 3.72. The van der Waals surface area contributed by atoms with Crippen LogP contribution in [-0.2, 0) is 11.2 Å². The molecule has 23 heavy (non-hydrogen) atoms. The zero-order valence-electron chi connectivity index (χ0n) is 12.5. The average molecular weight is 350 g/mol. The number of nitrogens with one attached hydrogen (secondary N) is 2. The van der Waals surface area contributed by atoms with Crippen LogP contribution in [0.3, 0.4) is 0 Å². The predicted molar refractivity (Wildman–Crippen MR) is 82.5 cm³/mol. The third kappa shape index (κ3) is 5.67. The van der Waals surface area contributed by atoms with Crippen LogP contribution in [0.4, 0.5) is 13.2 Å². The number of piperazine rings is 1. The molecule has 0 spiro atoms. The van der Waals surface area contributed by atoms with Gasteiger partial charge < -0.3 is 10.6 Å². The number of benzene rings is 1. The van der Waals surface area contributed by atoms with E-state index in [1.807, 2.05) is 0 Å². The highest BCUT2D eigenvalue weighted by molar-refractivity contribution is 6.30.